The largest absolute Gasteiger partial charge is 0.341 e. The van der Waals surface area contributed by atoms with Crippen LogP contribution in [0.3, 0.4) is 0 Å². The third-order valence-corrected chi connectivity index (χ3v) is 4.65. The molecular formula is C19H21N3OS. The highest BCUT2D eigenvalue weighted by atomic mass is 32.2. The number of hydrogen-bond donors (Lipinski definition) is 1. The van der Waals surface area contributed by atoms with Crippen LogP contribution in [0.5, 0.6) is 0 Å². The van der Waals surface area contributed by atoms with E-state index in [9.17, 15) is 4.79 Å². The van der Waals surface area contributed by atoms with Gasteiger partial charge in [0.05, 0.1) is 22.5 Å². The quantitative estimate of drug-likeness (QED) is 0.731. The van der Waals surface area contributed by atoms with Crippen LogP contribution in [0.15, 0.2) is 54.6 Å². The molecule has 0 saturated carbocycles. The molecule has 1 amide bonds. The van der Waals surface area contributed by atoms with E-state index in [0.717, 1.165) is 22.5 Å². The van der Waals surface area contributed by atoms with Crippen LogP contribution in [0.25, 0.3) is 11.0 Å². The number of H-pyrrole nitrogens is 1. The number of rotatable bonds is 6. The van der Waals surface area contributed by atoms with Gasteiger partial charge < -0.3 is 9.88 Å². The van der Waals surface area contributed by atoms with E-state index < -0.39 is 0 Å². The van der Waals surface area contributed by atoms with Crippen molar-refractivity contribution in [1.29, 1.82) is 0 Å². The molecule has 0 saturated heterocycles. The molecule has 0 spiro atoms. The molecule has 5 heteroatoms. The summed E-state index contributed by atoms with van der Waals surface area (Å²) in [7, 11) is 0. The molecule has 0 radical (unpaired) electrons. The summed E-state index contributed by atoms with van der Waals surface area (Å²) in [4.78, 5) is 22.3. The number of nitrogens with zero attached hydrogens (tertiary/aromatic N) is 2. The SMILES string of the molecule is CC(C)N(C(=O)CSCc1nc2ccccc2[nH]1)c1ccccc1. The summed E-state index contributed by atoms with van der Waals surface area (Å²) in [5, 5.41) is 0. The maximum atomic E-state index is 12.6. The van der Waals surface area contributed by atoms with Gasteiger partial charge in [0.1, 0.15) is 5.82 Å². The molecule has 24 heavy (non-hydrogen) atoms. The van der Waals surface area contributed by atoms with Crippen molar-refractivity contribution >= 4 is 34.4 Å². The van der Waals surface area contributed by atoms with E-state index in [-0.39, 0.29) is 11.9 Å². The Morgan fingerprint density at radius 1 is 1.12 bits per heavy atom. The Kier molecular flexibility index (Phi) is 5.20. The van der Waals surface area contributed by atoms with Gasteiger partial charge in [0.15, 0.2) is 0 Å². The van der Waals surface area contributed by atoms with Crippen LogP contribution in [-0.2, 0) is 10.5 Å². The number of thioether (sulfide) groups is 1. The molecule has 2 aromatic carbocycles. The first-order valence-electron chi connectivity index (χ1n) is 8.03. The Morgan fingerprint density at radius 2 is 1.83 bits per heavy atom. The summed E-state index contributed by atoms with van der Waals surface area (Å²) in [5.41, 5.74) is 2.95. The van der Waals surface area contributed by atoms with E-state index in [4.69, 9.17) is 0 Å². The van der Waals surface area contributed by atoms with Crippen LogP contribution in [0, 0.1) is 0 Å². The van der Waals surface area contributed by atoms with E-state index in [1.807, 2.05) is 73.3 Å². The molecule has 3 rings (SSSR count). The molecular weight excluding hydrogens is 318 g/mol. The lowest BCUT2D eigenvalue weighted by Crippen LogP contribution is -2.38. The van der Waals surface area contributed by atoms with Crippen LogP contribution >= 0.6 is 11.8 Å². The van der Waals surface area contributed by atoms with Gasteiger partial charge >= 0.3 is 0 Å². The highest BCUT2D eigenvalue weighted by Crippen LogP contribution is 2.20. The van der Waals surface area contributed by atoms with Crippen molar-refractivity contribution in [3.8, 4) is 0 Å². The van der Waals surface area contributed by atoms with Gasteiger partial charge in [-0.15, -0.1) is 11.8 Å². The Hall–Kier alpha value is -2.27. The molecule has 0 unspecified atom stereocenters. The minimum absolute atomic E-state index is 0.123. The number of aromatic amines is 1. The number of nitrogens with one attached hydrogen (secondary N) is 1. The molecule has 0 aliphatic heterocycles. The van der Waals surface area contributed by atoms with E-state index in [1.165, 1.54) is 0 Å². The summed E-state index contributed by atoms with van der Waals surface area (Å²) >= 11 is 1.59. The predicted octanol–water partition coefficient (Wildman–Crippen LogP) is 4.24. The fourth-order valence-corrected chi connectivity index (χ4v) is 3.44. The normalized spacial score (nSPS) is 11.1. The minimum atomic E-state index is 0.123. The summed E-state index contributed by atoms with van der Waals surface area (Å²) < 4.78 is 0. The number of carbonyl (C=O) groups excluding carboxylic acids is 1. The van der Waals surface area contributed by atoms with E-state index >= 15 is 0 Å². The molecule has 4 nitrogen and oxygen atoms in total. The molecule has 1 N–H and O–H groups in total. The number of para-hydroxylation sites is 3. The molecule has 0 aliphatic carbocycles. The maximum absolute atomic E-state index is 12.6. The lowest BCUT2D eigenvalue weighted by Gasteiger charge is -2.26. The van der Waals surface area contributed by atoms with Gasteiger partial charge in [-0.25, -0.2) is 4.98 Å². The molecule has 1 aromatic heterocycles. The predicted molar refractivity (Wildman–Crippen MR) is 101 cm³/mol. The minimum Gasteiger partial charge on any atom is -0.341 e. The Labute approximate surface area is 146 Å². The van der Waals surface area contributed by atoms with E-state index in [1.54, 1.807) is 11.8 Å². The third-order valence-electron chi connectivity index (χ3n) is 3.72. The number of imidazole rings is 1. The van der Waals surface area contributed by atoms with Gasteiger partial charge in [0.2, 0.25) is 5.91 Å². The van der Waals surface area contributed by atoms with Crippen molar-refractivity contribution in [3.63, 3.8) is 0 Å². The smallest absolute Gasteiger partial charge is 0.237 e. The van der Waals surface area contributed by atoms with Gasteiger partial charge in [0, 0.05) is 11.7 Å². The van der Waals surface area contributed by atoms with Crippen molar-refractivity contribution in [2.24, 2.45) is 0 Å². The van der Waals surface area contributed by atoms with Crippen LogP contribution < -0.4 is 4.90 Å². The van der Waals surface area contributed by atoms with Crippen LogP contribution in [0.1, 0.15) is 19.7 Å². The maximum Gasteiger partial charge on any atom is 0.237 e. The summed E-state index contributed by atoms with van der Waals surface area (Å²) in [6.07, 6.45) is 0. The number of carbonyl (C=O) groups is 1. The first-order valence-corrected chi connectivity index (χ1v) is 9.19. The molecule has 3 aromatic rings. The Balaban J connectivity index is 1.61. The van der Waals surface area contributed by atoms with Crippen molar-refractivity contribution in [2.45, 2.75) is 25.6 Å². The first-order chi connectivity index (χ1) is 11.6. The second kappa shape index (κ2) is 7.53. The number of fused-ring (bicyclic) bond motifs is 1. The first kappa shape index (κ1) is 16.6. The van der Waals surface area contributed by atoms with Crippen molar-refractivity contribution < 1.29 is 4.79 Å². The van der Waals surface area contributed by atoms with E-state index in [2.05, 4.69) is 9.97 Å². The average Bonchev–Trinajstić information content (AvgIpc) is 2.98. The molecule has 0 atom stereocenters. The van der Waals surface area contributed by atoms with Gasteiger partial charge in [-0.1, -0.05) is 30.3 Å². The second-order valence-corrected chi connectivity index (χ2v) is 6.87. The number of anilines is 1. The molecule has 0 aliphatic rings. The highest BCUT2D eigenvalue weighted by Gasteiger charge is 2.18. The summed E-state index contributed by atoms with van der Waals surface area (Å²) in [6.45, 7) is 4.07. The number of hydrogen-bond acceptors (Lipinski definition) is 3. The zero-order valence-corrected chi connectivity index (χ0v) is 14.7. The van der Waals surface area contributed by atoms with Crippen LogP contribution in [0.2, 0.25) is 0 Å². The third kappa shape index (κ3) is 3.79. The molecule has 0 fully saturated rings. The molecule has 0 bridgehead atoms. The summed E-state index contributed by atoms with van der Waals surface area (Å²) in [6, 6.07) is 17.9. The van der Waals surface area contributed by atoms with Gasteiger partial charge in [-0.3, -0.25) is 4.79 Å². The fourth-order valence-electron chi connectivity index (χ4n) is 2.70. The monoisotopic (exact) mass is 339 g/mol. The zero-order valence-electron chi connectivity index (χ0n) is 13.9. The molecule has 1 heterocycles. The lowest BCUT2D eigenvalue weighted by molar-refractivity contribution is -0.116. The number of aromatic nitrogens is 2. The topological polar surface area (TPSA) is 49.0 Å². The van der Waals surface area contributed by atoms with Crippen molar-refractivity contribution in [3.05, 3.63) is 60.4 Å². The standard InChI is InChI=1S/C19H21N3OS/c1-14(2)22(15-8-4-3-5-9-15)19(23)13-24-12-18-20-16-10-6-7-11-17(16)21-18/h3-11,14H,12-13H2,1-2H3,(H,20,21). The van der Waals surface area contributed by atoms with Crippen LogP contribution in [-0.4, -0.2) is 27.7 Å². The van der Waals surface area contributed by atoms with Gasteiger partial charge in [-0.2, -0.15) is 0 Å². The fraction of sp³-hybridized carbons (Fsp3) is 0.263. The van der Waals surface area contributed by atoms with Gasteiger partial charge in [0.25, 0.3) is 0 Å². The number of amides is 1. The number of benzene rings is 2. The van der Waals surface area contributed by atoms with E-state index in [0.29, 0.717) is 11.5 Å². The highest BCUT2D eigenvalue weighted by molar-refractivity contribution is 7.99. The van der Waals surface area contributed by atoms with Crippen molar-refractivity contribution in [1.82, 2.24) is 9.97 Å². The summed E-state index contributed by atoms with van der Waals surface area (Å²) in [5.74, 6) is 2.16. The molecule has 124 valence electrons. The lowest BCUT2D eigenvalue weighted by atomic mass is 10.2. The Bertz CT molecular complexity index is 781. The van der Waals surface area contributed by atoms with Gasteiger partial charge in [-0.05, 0) is 38.1 Å². The zero-order chi connectivity index (χ0) is 16.9. The van der Waals surface area contributed by atoms with Crippen LogP contribution in [0.4, 0.5) is 5.69 Å². The second-order valence-electron chi connectivity index (χ2n) is 5.89. The average molecular weight is 339 g/mol. The van der Waals surface area contributed by atoms with Crippen molar-refractivity contribution in [2.75, 3.05) is 10.7 Å². The Morgan fingerprint density at radius 3 is 2.54 bits per heavy atom.